The summed E-state index contributed by atoms with van der Waals surface area (Å²) in [4.78, 5) is 30.2. The summed E-state index contributed by atoms with van der Waals surface area (Å²) in [7, 11) is 0. The van der Waals surface area contributed by atoms with Crippen LogP contribution in [0.3, 0.4) is 0 Å². The minimum absolute atomic E-state index is 0.0711. The van der Waals surface area contributed by atoms with Crippen LogP contribution >= 0.6 is 0 Å². The van der Waals surface area contributed by atoms with E-state index in [1.54, 1.807) is 29.2 Å². The molecule has 0 bridgehead atoms. The normalized spacial score (nSPS) is 17.6. The zero-order chi connectivity index (χ0) is 20.8. The molecule has 29 heavy (non-hydrogen) atoms. The fourth-order valence-electron chi connectivity index (χ4n) is 3.51. The van der Waals surface area contributed by atoms with Crippen molar-refractivity contribution in [1.82, 2.24) is 9.88 Å². The highest BCUT2D eigenvalue weighted by Gasteiger charge is 2.30. The lowest BCUT2D eigenvalue weighted by Gasteiger charge is -2.36. The molecule has 1 aromatic heterocycles. The third-order valence-electron chi connectivity index (χ3n) is 5.04. The number of benzene rings is 1. The SMILES string of the molecule is O=Cc1c(O)cccc1OCC1CCCCN1C(=O)c1cccnc1[C@H](O)CO. The van der Waals surface area contributed by atoms with Crippen LogP contribution in [0, 0.1) is 0 Å². The smallest absolute Gasteiger partial charge is 0.256 e. The van der Waals surface area contributed by atoms with Gasteiger partial charge < -0.3 is 25.0 Å². The van der Waals surface area contributed by atoms with Gasteiger partial charge in [-0.05, 0) is 43.5 Å². The molecule has 8 heteroatoms. The van der Waals surface area contributed by atoms with Crippen LogP contribution < -0.4 is 4.74 Å². The van der Waals surface area contributed by atoms with Crippen molar-refractivity contribution in [3.63, 3.8) is 0 Å². The Balaban J connectivity index is 1.79. The first-order chi connectivity index (χ1) is 14.1. The fourth-order valence-corrected chi connectivity index (χ4v) is 3.51. The van der Waals surface area contributed by atoms with E-state index in [1.807, 2.05) is 0 Å². The van der Waals surface area contributed by atoms with E-state index < -0.39 is 12.7 Å². The molecule has 0 aliphatic carbocycles. The maximum Gasteiger partial charge on any atom is 0.256 e. The molecule has 0 saturated carbocycles. The van der Waals surface area contributed by atoms with Crippen molar-refractivity contribution in [3.8, 4) is 11.5 Å². The van der Waals surface area contributed by atoms with Crippen molar-refractivity contribution in [3.05, 3.63) is 53.3 Å². The van der Waals surface area contributed by atoms with Gasteiger partial charge in [0, 0.05) is 12.7 Å². The molecule has 1 unspecified atom stereocenters. The lowest BCUT2D eigenvalue weighted by Crippen LogP contribution is -2.47. The van der Waals surface area contributed by atoms with Gasteiger partial charge in [-0.3, -0.25) is 14.6 Å². The van der Waals surface area contributed by atoms with E-state index in [0.29, 0.717) is 12.8 Å². The van der Waals surface area contributed by atoms with E-state index in [-0.39, 0.29) is 46.9 Å². The Morgan fingerprint density at radius 3 is 2.90 bits per heavy atom. The number of pyridine rings is 1. The summed E-state index contributed by atoms with van der Waals surface area (Å²) in [6.45, 7) is 0.154. The van der Waals surface area contributed by atoms with Crippen molar-refractivity contribution >= 4 is 12.2 Å². The quantitative estimate of drug-likeness (QED) is 0.605. The van der Waals surface area contributed by atoms with E-state index in [2.05, 4.69) is 4.98 Å². The van der Waals surface area contributed by atoms with Gasteiger partial charge >= 0.3 is 0 Å². The van der Waals surface area contributed by atoms with Crippen LogP contribution in [0.4, 0.5) is 0 Å². The number of nitrogens with zero attached hydrogens (tertiary/aromatic N) is 2. The minimum Gasteiger partial charge on any atom is -0.507 e. The summed E-state index contributed by atoms with van der Waals surface area (Å²) < 4.78 is 5.77. The van der Waals surface area contributed by atoms with Crippen molar-refractivity contribution < 1.29 is 29.6 Å². The molecule has 2 aromatic rings. The van der Waals surface area contributed by atoms with E-state index in [0.717, 1.165) is 19.3 Å². The van der Waals surface area contributed by atoms with Gasteiger partial charge in [0.1, 0.15) is 24.2 Å². The van der Waals surface area contributed by atoms with Gasteiger partial charge in [-0.1, -0.05) is 6.07 Å². The second-order valence-electron chi connectivity index (χ2n) is 6.90. The zero-order valence-corrected chi connectivity index (χ0v) is 15.9. The number of aromatic hydroxyl groups is 1. The Hall–Kier alpha value is -2.97. The highest BCUT2D eigenvalue weighted by Crippen LogP contribution is 2.28. The second kappa shape index (κ2) is 9.49. The Bertz CT molecular complexity index is 872. The molecule has 8 nitrogen and oxygen atoms in total. The molecule has 154 valence electrons. The molecule has 0 radical (unpaired) electrons. The molecule has 1 aliphatic heterocycles. The third kappa shape index (κ3) is 4.55. The molecule has 1 aromatic carbocycles. The number of phenolic OH excluding ortho intramolecular Hbond substituents is 1. The summed E-state index contributed by atoms with van der Waals surface area (Å²) >= 11 is 0. The van der Waals surface area contributed by atoms with Gasteiger partial charge in [0.25, 0.3) is 5.91 Å². The number of hydrogen-bond acceptors (Lipinski definition) is 7. The Labute approximate surface area is 168 Å². The number of aromatic nitrogens is 1. The van der Waals surface area contributed by atoms with Crippen LogP contribution in [0.25, 0.3) is 0 Å². The van der Waals surface area contributed by atoms with Gasteiger partial charge in [-0.25, -0.2) is 0 Å². The topological polar surface area (TPSA) is 120 Å². The maximum atomic E-state index is 13.2. The molecule has 2 atom stereocenters. The monoisotopic (exact) mass is 400 g/mol. The number of piperidine rings is 1. The first kappa shape index (κ1) is 20.8. The number of carbonyl (C=O) groups excluding carboxylic acids is 2. The van der Waals surface area contributed by atoms with Crippen LogP contribution in [0.5, 0.6) is 11.5 Å². The summed E-state index contributed by atoms with van der Waals surface area (Å²) in [5, 5.41) is 29.0. The number of aliphatic hydroxyl groups excluding tert-OH is 2. The van der Waals surface area contributed by atoms with Crippen LogP contribution in [0.2, 0.25) is 0 Å². The summed E-state index contributed by atoms with van der Waals surface area (Å²) in [5.74, 6) is -0.191. The fraction of sp³-hybridized carbons (Fsp3) is 0.381. The molecule has 1 aliphatic rings. The second-order valence-corrected chi connectivity index (χ2v) is 6.90. The highest BCUT2D eigenvalue weighted by atomic mass is 16.5. The first-order valence-electron chi connectivity index (χ1n) is 9.51. The largest absolute Gasteiger partial charge is 0.507 e. The van der Waals surface area contributed by atoms with Gasteiger partial charge in [-0.15, -0.1) is 0 Å². The molecule has 2 heterocycles. The highest BCUT2D eigenvalue weighted by molar-refractivity contribution is 5.95. The van der Waals surface area contributed by atoms with Crippen molar-refractivity contribution in [2.24, 2.45) is 0 Å². The third-order valence-corrected chi connectivity index (χ3v) is 5.04. The number of likely N-dealkylation sites (tertiary alicyclic amines) is 1. The van der Waals surface area contributed by atoms with Gasteiger partial charge in [0.05, 0.1) is 29.5 Å². The van der Waals surface area contributed by atoms with Crippen LogP contribution in [0.1, 0.15) is 51.8 Å². The molecule has 1 amide bonds. The number of phenols is 1. The molecular weight excluding hydrogens is 376 g/mol. The number of rotatable bonds is 7. The number of ether oxygens (including phenoxy) is 1. The Morgan fingerprint density at radius 1 is 1.31 bits per heavy atom. The minimum atomic E-state index is -1.24. The number of amides is 1. The Morgan fingerprint density at radius 2 is 2.14 bits per heavy atom. The van der Waals surface area contributed by atoms with E-state index >= 15 is 0 Å². The van der Waals surface area contributed by atoms with Crippen LogP contribution in [0.15, 0.2) is 36.5 Å². The molecule has 3 rings (SSSR count). The summed E-state index contributed by atoms with van der Waals surface area (Å²) in [6.07, 6.45) is 3.25. The predicted molar refractivity (Wildman–Crippen MR) is 104 cm³/mol. The zero-order valence-electron chi connectivity index (χ0n) is 15.9. The van der Waals surface area contributed by atoms with Crippen molar-refractivity contribution in [2.45, 2.75) is 31.4 Å². The van der Waals surface area contributed by atoms with Gasteiger partial charge in [-0.2, -0.15) is 0 Å². The number of aliphatic hydroxyl groups is 2. The van der Waals surface area contributed by atoms with Gasteiger partial charge in [0.15, 0.2) is 6.29 Å². The van der Waals surface area contributed by atoms with E-state index in [9.17, 15) is 24.9 Å². The summed E-state index contributed by atoms with van der Waals surface area (Å²) in [5.41, 5.74) is 0.454. The lowest BCUT2D eigenvalue weighted by molar-refractivity contribution is 0.0510. The predicted octanol–water partition coefficient (Wildman–Crippen LogP) is 1.70. The Kier molecular flexibility index (Phi) is 6.79. The standard InChI is InChI=1S/C21H24N2O6/c24-11-16-17(26)7-3-8-19(16)29-13-14-5-1-2-10-23(14)21(28)15-6-4-9-22-20(15)18(27)12-25/h3-4,6-9,11,14,18,25-27H,1-2,5,10,12-13H2/t14?,18-/m1/s1. The lowest BCUT2D eigenvalue weighted by atomic mass is 10.00. The number of hydrogen-bond donors (Lipinski definition) is 3. The van der Waals surface area contributed by atoms with Crippen molar-refractivity contribution in [1.29, 1.82) is 0 Å². The van der Waals surface area contributed by atoms with E-state index in [1.165, 1.54) is 12.3 Å². The van der Waals surface area contributed by atoms with Crippen LogP contribution in [-0.4, -0.2) is 63.2 Å². The molecular formula is C21H24N2O6. The first-order valence-corrected chi connectivity index (χ1v) is 9.51. The maximum absolute atomic E-state index is 13.2. The van der Waals surface area contributed by atoms with Crippen LogP contribution in [-0.2, 0) is 0 Å². The molecule has 1 saturated heterocycles. The molecule has 3 N–H and O–H groups in total. The van der Waals surface area contributed by atoms with Gasteiger partial charge in [0.2, 0.25) is 0 Å². The number of aldehydes is 1. The number of carbonyl (C=O) groups is 2. The summed E-state index contributed by atoms with van der Waals surface area (Å²) in [6, 6.07) is 7.53. The van der Waals surface area contributed by atoms with Crippen molar-refractivity contribution in [2.75, 3.05) is 19.8 Å². The molecule has 0 spiro atoms. The average Bonchev–Trinajstić information content (AvgIpc) is 2.77. The molecule has 1 fully saturated rings. The van der Waals surface area contributed by atoms with E-state index in [4.69, 9.17) is 4.74 Å². The average molecular weight is 400 g/mol.